The fourth-order valence-electron chi connectivity index (χ4n) is 15.2. The van der Waals surface area contributed by atoms with Gasteiger partial charge in [-0.15, -0.1) is 0 Å². The second-order valence-electron chi connectivity index (χ2n) is 24.5. The molecule has 11 aromatic carbocycles. The SMILES string of the molecule is CC1(C)c2ccccc2-c2ccc(-c3ccccc3-c3c4c(c(-c5ccccc5-c5ccc6c(c5)C(C)(C)c5ccccc5-6)c5cc(N6C7=C(CCC=C7)Sc7ccccc76)ccc35)=CCC(N3c5ccccc5Sc5ccccc53)C=4)cc21. The summed E-state index contributed by atoms with van der Waals surface area (Å²) in [7, 11) is 0. The van der Waals surface area contributed by atoms with Crippen LogP contribution in [0.5, 0.6) is 0 Å². The van der Waals surface area contributed by atoms with Gasteiger partial charge in [0.1, 0.15) is 0 Å². The van der Waals surface area contributed by atoms with Crippen LogP contribution < -0.4 is 20.2 Å². The lowest BCUT2D eigenvalue weighted by Crippen LogP contribution is -2.40. The summed E-state index contributed by atoms with van der Waals surface area (Å²) in [5, 5.41) is 5.04. The summed E-state index contributed by atoms with van der Waals surface area (Å²) in [5.41, 5.74) is 26.8. The highest BCUT2D eigenvalue weighted by atomic mass is 32.2. The predicted octanol–water partition coefficient (Wildman–Crippen LogP) is 20.6. The van der Waals surface area contributed by atoms with E-state index in [1.807, 2.05) is 23.5 Å². The number of hydrogen-bond acceptors (Lipinski definition) is 4. The zero-order chi connectivity index (χ0) is 56.0. The van der Waals surface area contributed by atoms with Crippen molar-refractivity contribution in [1.82, 2.24) is 0 Å². The summed E-state index contributed by atoms with van der Waals surface area (Å²) in [6, 6.07) is 85.7. The molecular weight excluding hydrogens is 1050 g/mol. The Bertz CT molecular complexity index is 4810. The first-order valence-electron chi connectivity index (χ1n) is 29.8. The highest BCUT2D eigenvalue weighted by Crippen LogP contribution is 2.55. The molecule has 1 atom stereocenters. The highest BCUT2D eigenvalue weighted by Gasteiger charge is 2.38. The van der Waals surface area contributed by atoms with Gasteiger partial charge >= 0.3 is 0 Å². The van der Waals surface area contributed by atoms with Crippen molar-refractivity contribution in [2.75, 3.05) is 9.80 Å². The number of anilines is 4. The minimum absolute atomic E-state index is 0.0251. The molecule has 0 saturated heterocycles. The van der Waals surface area contributed by atoms with Crippen molar-refractivity contribution in [2.45, 2.75) is 78.5 Å². The van der Waals surface area contributed by atoms with Gasteiger partial charge in [0, 0.05) is 36.1 Å². The normalized spacial score (nSPS) is 16.9. The minimum Gasteiger partial charge on any atom is -0.332 e. The van der Waals surface area contributed by atoms with Gasteiger partial charge in [-0.1, -0.05) is 233 Å². The van der Waals surface area contributed by atoms with Crippen LogP contribution >= 0.6 is 23.5 Å². The summed E-state index contributed by atoms with van der Waals surface area (Å²) in [5.74, 6) is 0. The Labute approximate surface area is 500 Å². The zero-order valence-electron chi connectivity index (χ0n) is 47.6. The predicted molar refractivity (Wildman–Crippen MR) is 356 cm³/mol. The van der Waals surface area contributed by atoms with Crippen LogP contribution in [-0.2, 0) is 10.8 Å². The van der Waals surface area contributed by atoms with Crippen LogP contribution in [0.3, 0.4) is 0 Å². The highest BCUT2D eigenvalue weighted by molar-refractivity contribution is 8.03. The van der Waals surface area contributed by atoms with Gasteiger partial charge in [-0.05, 0) is 196 Å². The zero-order valence-corrected chi connectivity index (χ0v) is 49.2. The minimum atomic E-state index is -0.142. The van der Waals surface area contributed by atoms with Crippen LogP contribution in [-0.4, -0.2) is 6.04 Å². The molecule has 4 heteroatoms. The quantitative estimate of drug-likeness (QED) is 0.164. The Kier molecular flexibility index (Phi) is 11.2. The molecule has 6 aliphatic rings. The van der Waals surface area contributed by atoms with E-state index in [0.29, 0.717) is 0 Å². The van der Waals surface area contributed by atoms with Crippen molar-refractivity contribution in [3.63, 3.8) is 0 Å². The smallest absolute Gasteiger partial charge is 0.0601 e. The third-order valence-electron chi connectivity index (χ3n) is 19.2. The van der Waals surface area contributed by atoms with E-state index < -0.39 is 0 Å². The largest absolute Gasteiger partial charge is 0.332 e. The van der Waals surface area contributed by atoms with Crippen LogP contribution in [0.1, 0.15) is 69.2 Å². The maximum Gasteiger partial charge on any atom is 0.0601 e. The molecule has 0 fully saturated rings. The van der Waals surface area contributed by atoms with E-state index in [4.69, 9.17) is 0 Å². The molecule has 1 unspecified atom stereocenters. The first kappa shape index (κ1) is 49.8. The summed E-state index contributed by atoms with van der Waals surface area (Å²) in [6.45, 7) is 9.60. The van der Waals surface area contributed by atoms with Gasteiger partial charge in [0.25, 0.3) is 0 Å². The van der Waals surface area contributed by atoms with E-state index in [9.17, 15) is 0 Å². The lowest BCUT2D eigenvalue weighted by atomic mass is 9.79. The van der Waals surface area contributed by atoms with Crippen molar-refractivity contribution in [2.24, 2.45) is 0 Å². The summed E-state index contributed by atoms with van der Waals surface area (Å²) < 4.78 is 0. The summed E-state index contributed by atoms with van der Waals surface area (Å²) in [4.78, 5) is 10.5. The first-order chi connectivity index (χ1) is 41.2. The first-order valence-corrected chi connectivity index (χ1v) is 31.4. The Morgan fingerprint density at radius 3 is 1.50 bits per heavy atom. The number of allylic oxidation sites excluding steroid dienone is 3. The second-order valence-corrected chi connectivity index (χ2v) is 26.7. The number of fused-ring (bicyclic) bond motifs is 11. The maximum atomic E-state index is 2.66. The van der Waals surface area contributed by atoms with Crippen LogP contribution in [0.25, 0.3) is 89.7 Å². The van der Waals surface area contributed by atoms with E-state index in [0.717, 1.165) is 19.3 Å². The lowest BCUT2D eigenvalue weighted by molar-refractivity contribution is 0.660. The van der Waals surface area contributed by atoms with Crippen LogP contribution in [0.15, 0.2) is 262 Å². The van der Waals surface area contributed by atoms with E-state index in [1.165, 1.54) is 158 Å². The standard InChI is InChI=1S/C80H60N2S2/c1-79(2)65-27-11-9-23-55(65)57-41-37-49(45-67(57)79)53-21-5-7-25-59(53)77-61-43-39-52(82-71-31-15-19-35-75(71)84-76-36-20-16-32-72(76)82)48-64(61)78(60-26-8-6-22-54(60)50-38-42-58-56-24-10-12-28-66(56)80(3,4)68(58)46-50)62-44-40-51(47-63(62)77)81-69-29-13-17-33-73(69)83-74-34-18-14-30-70(74)81/h5-19,21-35,37-39,41-48,51H,20,36,40H2,1-4H3. The monoisotopic (exact) mass is 1110 g/mol. The third-order valence-corrected chi connectivity index (χ3v) is 21.6. The fraction of sp³-hybridized carbons (Fsp3) is 0.125. The number of rotatable bonds is 6. The van der Waals surface area contributed by atoms with Gasteiger partial charge in [-0.3, -0.25) is 0 Å². The number of para-hydroxylation sites is 3. The van der Waals surface area contributed by atoms with Crippen LogP contribution in [0.2, 0.25) is 0 Å². The van der Waals surface area contributed by atoms with E-state index in [-0.39, 0.29) is 16.9 Å². The third kappa shape index (κ3) is 7.39. The van der Waals surface area contributed by atoms with E-state index >= 15 is 0 Å². The molecule has 11 aromatic rings. The molecular formula is C80H60N2S2. The van der Waals surface area contributed by atoms with Crippen molar-refractivity contribution in [1.29, 1.82) is 0 Å². The molecule has 0 saturated carbocycles. The molecule has 0 N–H and O–H groups in total. The van der Waals surface area contributed by atoms with Crippen molar-refractivity contribution in [3.05, 3.63) is 280 Å². The molecule has 0 bridgehead atoms. The van der Waals surface area contributed by atoms with Gasteiger partial charge < -0.3 is 9.80 Å². The lowest BCUT2D eigenvalue weighted by Gasteiger charge is -2.38. The van der Waals surface area contributed by atoms with Gasteiger partial charge in [0.05, 0.1) is 28.8 Å². The molecule has 84 heavy (non-hydrogen) atoms. The maximum absolute atomic E-state index is 2.66. The molecule has 0 amide bonds. The number of hydrogen-bond donors (Lipinski definition) is 0. The molecule has 0 radical (unpaired) electrons. The molecule has 402 valence electrons. The average molecular weight is 1110 g/mol. The van der Waals surface area contributed by atoms with E-state index in [2.05, 4.69) is 286 Å². The molecule has 0 spiro atoms. The molecule has 2 nitrogen and oxygen atoms in total. The average Bonchev–Trinajstić information content (AvgIpc) is 1.90. The number of nitrogens with zero attached hydrogens (tertiary/aromatic N) is 2. The molecule has 2 aliphatic heterocycles. The Morgan fingerprint density at radius 2 is 0.905 bits per heavy atom. The molecule has 2 heterocycles. The molecule has 0 aromatic heterocycles. The summed E-state index contributed by atoms with van der Waals surface area (Å²) in [6.07, 6.45) is 12.9. The van der Waals surface area contributed by atoms with Gasteiger partial charge in [0.15, 0.2) is 0 Å². The van der Waals surface area contributed by atoms with Gasteiger partial charge in [-0.25, -0.2) is 0 Å². The van der Waals surface area contributed by atoms with Crippen molar-refractivity contribution < 1.29 is 0 Å². The molecule has 4 aliphatic carbocycles. The summed E-state index contributed by atoms with van der Waals surface area (Å²) >= 11 is 3.83. The number of benzene rings is 11. The van der Waals surface area contributed by atoms with Gasteiger partial charge in [-0.2, -0.15) is 0 Å². The Hall–Kier alpha value is -8.80. The van der Waals surface area contributed by atoms with E-state index in [1.54, 1.807) is 0 Å². The van der Waals surface area contributed by atoms with Crippen LogP contribution in [0, 0.1) is 0 Å². The topological polar surface area (TPSA) is 6.48 Å². The fourth-order valence-corrected chi connectivity index (χ4v) is 17.5. The second kappa shape index (κ2) is 18.9. The van der Waals surface area contributed by atoms with Crippen molar-refractivity contribution >= 4 is 69.2 Å². The Morgan fingerprint density at radius 1 is 0.417 bits per heavy atom. The Balaban J connectivity index is 0.972. The molecule has 17 rings (SSSR count). The van der Waals surface area contributed by atoms with Crippen molar-refractivity contribution in [3.8, 4) is 66.8 Å². The van der Waals surface area contributed by atoms with Gasteiger partial charge in [0.2, 0.25) is 0 Å². The number of thioether (sulfide) groups is 1. The van der Waals surface area contributed by atoms with Crippen LogP contribution in [0.4, 0.5) is 22.7 Å².